The molecule has 0 amide bonds. The minimum absolute atomic E-state index is 0.206. The molecule has 0 aliphatic rings. The molecule has 0 aliphatic carbocycles. The van der Waals surface area contributed by atoms with Gasteiger partial charge in [-0.25, -0.2) is 16.8 Å². The number of aromatic amines is 1. The minimum atomic E-state index is -3.74. The number of fused-ring (bicyclic) bond motifs is 3. The van der Waals surface area contributed by atoms with Crippen LogP contribution in [0.1, 0.15) is 5.56 Å². The predicted octanol–water partition coefficient (Wildman–Crippen LogP) is 10.00. The molecule has 55 heavy (non-hydrogen) atoms. The van der Waals surface area contributed by atoms with E-state index in [4.69, 9.17) is 61.6 Å². The standard InChI is InChI=1S/C21H17Cl2NO3S.C20H19Cl2NO3S/c22-11-15(12-23)27-18-9-4-8-17-20(13-24-21(17)18)28(25,26)19-10-3-6-14-5-1-2-7-16(14)19;21-11-16(12-22)26-18-9-3-7-15(20(18)23)13-27(24,25)19-10-4-6-14-5-1-2-8-17(14)19/h1-10,13,15,24H,11-12H2;1-10,16H,11-13,23H2. The molecule has 0 radical (unpaired) electrons. The summed E-state index contributed by atoms with van der Waals surface area (Å²) in [5, 5.41) is 3.69. The average molecular weight is 859 g/mol. The first-order valence-corrected chi connectivity index (χ1v) is 22.3. The summed E-state index contributed by atoms with van der Waals surface area (Å²) in [6.07, 6.45) is 0.737. The fourth-order valence-electron chi connectivity index (χ4n) is 6.10. The molecule has 14 heteroatoms. The Hall–Kier alpha value is -4.16. The first kappa shape index (κ1) is 40.5. The van der Waals surface area contributed by atoms with Gasteiger partial charge < -0.3 is 20.2 Å². The lowest BCUT2D eigenvalue weighted by molar-refractivity contribution is 0.250. The maximum Gasteiger partial charge on any atom is 0.209 e. The van der Waals surface area contributed by atoms with E-state index < -0.39 is 25.8 Å². The Kier molecular flexibility index (Phi) is 13.1. The minimum Gasteiger partial charge on any atom is -0.486 e. The fraction of sp³-hybridized carbons (Fsp3) is 0.171. The number of para-hydroxylation sites is 2. The summed E-state index contributed by atoms with van der Waals surface area (Å²) >= 11 is 23.3. The van der Waals surface area contributed by atoms with E-state index in [0.717, 1.165) is 10.8 Å². The van der Waals surface area contributed by atoms with Gasteiger partial charge in [0.25, 0.3) is 0 Å². The highest BCUT2D eigenvalue weighted by molar-refractivity contribution is 7.92. The third-order valence-corrected chi connectivity index (χ3v) is 13.8. The number of hydrogen-bond donors (Lipinski definition) is 2. The smallest absolute Gasteiger partial charge is 0.209 e. The number of benzene rings is 6. The lowest BCUT2D eigenvalue weighted by Crippen LogP contribution is -2.21. The molecule has 0 saturated carbocycles. The third-order valence-electron chi connectivity index (χ3n) is 8.83. The Balaban J connectivity index is 0.000000187. The van der Waals surface area contributed by atoms with Gasteiger partial charge in [0.1, 0.15) is 23.7 Å². The van der Waals surface area contributed by atoms with Crippen molar-refractivity contribution in [2.24, 2.45) is 0 Å². The second-order valence-corrected chi connectivity index (χ2v) is 17.6. The third kappa shape index (κ3) is 8.80. The molecule has 0 aliphatic heterocycles. The number of sulfone groups is 2. The SMILES string of the molecule is Nc1c(CS(=O)(=O)c2cccc3ccccc23)cccc1OC(CCl)CCl.O=S(=O)(c1cccc2ccccc12)c1c[nH]c2c(OC(CCl)CCl)cccc12. The summed E-state index contributed by atoms with van der Waals surface area (Å²) in [5.74, 6) is 1.57. The van der Waals surface area contributed by atoms with Gasteiger partial charge in [-0.05, 0) is 40.6 Å². The Bertz CT molecular complexity index is 2650. The lowest BCUT2D eigenvalue weighted by atomic mass is 10.1. The van der Waals surface area contributed by atoms with Crippen LogP contribution in [0.4, 0.5) is 5.69 Å². The van der Waals surface area contributed by atoms with E-state index in [1.807, 2.05) is 54.6 Å². The molecule has 7 rings (SSSR count). The molecule has 0 atom stereocenters. The summed E-state index contributed by atoms with van der Waals surface area (Å²) in [5.41, 5.74) is 7.52. The van der Waals surface area contributed by atoms with Gasteiger partial charge in [-0.2, -0.15) is 0 Å². The van der Waals surface area contributed by atoms with Crippen molar-refractivity contribution in [3.63, 3.8) is 0 Å². The van der Waals surface area contributed by atoms with E-state index in [-0.39, 0.29) is 55.8 Å². The molecule has 7 aromatic rings. The van der Waals surface area contributed by atoms with Gasteiger partial charge in [0.05, 0.1) is 55.2 Å². The van der Waals surface area contributed by atoms with Crippen molar-refractivity contribution in [3.8, 4) is 11.5 Å². The summed E-state index contributed by atoms with van der Waals surface area (Å²) in [7, 11) is -7.35. The second kappa shape index (κ2) is 17.7. The van der Waals surface area contributed by atoms with Crippen molar-refractivity contribution in [2.75, 3.05) is 29.3 Å². The Morgan fingerprint density at radius 2 is 1.02 bits per heavy atom. The molecular weight excluding hydrogens is 822 g/mol. The van der Waals surface area contributed by atoms with E-state index in [2.05, 4.69) is 4.98 Å². The molecule has 1 heterocycles. The molecule has 6 aromatic carbocycles. The number of alkyl halides is 4. The van der Waals surface area contributed by atoms with Gasteiger partial charge in [0.15, 0.2) is 9.84 Å². The molecule has 8 nitrogen and oxygen atoms in total. The average Bonchev–Trinajstić information content (AvgIpc) is 3.66. The largest absolute Gasteiger partial charge is 0.486 e. The maximum absolute atomic E-state index is 13.5. The topological polar surface area (TPSA) is 129 Å². The van der Waals surface area contributed by atoms with Crippen molar-refractivity contribution in [3.05, 3.63) is 133 Å². The van der Waals surface area contributed by atoms with Crippen LogP contribution in [0, 0.1) is 0 Å². The van der Waals surface area contributed by atoms with Crippen molar-refractivity contribution in [1.29, 1.82) is 0 Å². The highest BCUT2D eigenvalue weighted by Crippen LogP contribution is 2.36. The summed E-state index contributed by atoms with van der Waals surface area (Å²) < 4.78 is 64.6. The van der Waals surface area contributed by atoms with E-state index in [9.17, 15) is 16.8 Å². The molecule has 0 bridgehead atoms. The predicted molar refractivity (Wildman–Crippen MR) is 225 cm³/mol. The zero-order chi connectivity index (χ0) is 39.2. The summed E-state index contributed by atoms with van der Waals surface area (Å²) in [4.78, 5) is 3.81. The lowest BCUT2D eigenvalue weighted by Gasteiger charge is -2.17. The van der Waals surface area contributed by atoms with Gasteiger partial charge in [-0.15, -0.1) is 46.4 Å². The molecule has 3 N–H and O–H groups in total. The number of ether oxygens (including phenoxy) is 2. The van der Waals surface area contributed by atoms with Crippen LogP contribution < -0.4 is 15.2 Å². The van der Waals surface area contributed by atoms with Crippen molar-refractivity contribution in [2.45, 2.75) is 32.6 Å². The highest BCUT2D eigenvalue weighted by atomic mass is 35.5. The van der Waals surface area contributed by atoms with E-state index in [0.29, 0.717) is 38.7 Å². The maximum atomic E-state index is 13.5. The van der Waals surface area contributed by atoms with E-state index in [1.165, 1.54) is 6.20 Å². The van der Waals surface area contributed by atoms with Gasteiger partial charge >= 0.3 is 0 Å². The van der Waals surface area contributed by atoms with Crippen molar-refractivity contribution >= 4 is 104 Å². The summed E-state index contributed by atoms with van der Waals surface area (Å²) in [6.45, 7) is 0. The van der Waals surface area contributed by atoms with Gasteiger partial charge in [-0.1, -0.05) is 97.1 Å². The second-order valence-electron chi connectivity index (χ2n) is 12.5. The van der Waals surface area contributed by atoms with Crippen LogP contribution in [0.2, 0.25) is 0 Å². The van der Waals surface area contributed by atoms with Crippen LogP contribution in [-0.4, -0.2) is 57.5 Å². The Morgan fingerprint density at radius 3 is 1.64 bits per heavy atom. The van der Waals surface area contributed by atoms with Gasteiger partial charge in [-0.3, -0.25) is 0 Å². The van der Waals surface area contributed by atoms with E-state index in [1.54, 1.807) is 66.7 Å². The van der Waals surface area contributed by atoms with E-state index >= 15 is 0 Å². The zero-order valence-electron chi connectivity index (χ0n) is 29.2. The van der Waals surface area contributed by atoms with Crippen LogP contribution in [0.15, 0.2) is 142 Å². The molecule has 0 spiro atoms. The van der Waals surface area contributed by atoms with Crippen LogP contribution in [-0.2, 0) is 25.4 Å². The Labute approximate surface area is 339 Å². The molecule has 1 aromatic heterocycles. The number of H-pyrrole nitrogens is 1. The highest BCUT2D eigenvalue weighted by Gasteiger charge is 2.25. The number of nitrogens with one attached hydrogen (secondary N) is 1. The first-order chi connectivity index (χ1) is 26.5. The summed E-state index contributed by atoms with van der Waals surface area (Å²) in [6, 6.07) is 35.7. The monoisotopic (exact) mass is 856 g/mol. The fourth-order valence-corrected chi connectivity index (χ4v) is 10.3. The molecular formula is C41H36Cl4N2O6S2. The molecule has 0 unspecified atom stereocenters. The Morgan fingerprint density at radius 1 is 0.545 bits per heavy atom. The van der Waals surface area contributed by atoms with Crippen LogP contribution in [0.5, 0.6) is 11.5 Å². The molecule has 0 saturated heterocycles. The van der Waals surface area contributed by atoms with Crippen LogP contribution in [0.25, 0.3) is 32.4 Å². The normalized spacial score (nSPS) is 12.0. The zero-order valence-corrected chi connectivity index (χ0v) is 33.8. The van der Waals surface area contributed by atoms with Crippen LogP contribution >= 0.6 is 46.4 Å². The quantitative estimate of drug-likeness (QED) is 0.0873. The van der Waals surface area contributed by atoms with Crippen molar-refractivity contribution in [1.82, 2.24) is 4.98 Å². The molecule has 286 valence electrons. The number of nitrogens with two attached hydrogens (primary N) is 1. The number of hydrogen-bond acceptors (Lipinski definition) is 7. The number of halogens is 4. The van der Waals surface area contributed by atoms with Crippen molar-refractivity contribution < 1.29 is 26.3 Å². The molecule has 0 fully saturated rings. The number of aromatic nitrogens is 1. The van der Waals surface area contributed by atoms with Gasteiger partial charge in [0.2, 0.25) is 9.84 Å². The number of rotatable bonds is 13. The van der Waals surface area contributed by atoms with Gasteiger partial charge in [0, 0.05) is 22.4 Å². The first-order valence-electron chi connectivity index (χ1n) is 17.0. The van der Waals surface area contributed by atoms with Crippen LogP contribution in [0.3, 0.4) is 0 Å². The number of nitrogen functional groups attached to an aromatic ring is 1. The number of anilines is 1.